The van der Waals surface area contributed by atoms with Crippen LogP contribution in [0.15, 0.2) is 24.3 Å². The van der Waals surface area contributed by atoms with Crippen LogP contribution in [0.5, 0.6) is 0 Å². The van der Waals surface area contributed by atoms with Crippen LogP contribution in [0.1, 0.15) is 12.5 Å². The van der Waals surface area contributed by atoms with Gasteiger partial charge in [0.1, 0.15) is 0 Å². The average molecular weight is 247 g/mol. The van der Waals surface area contributed by atoms with Crippen molar-refractivity contribution in [2.24, 2.45) is 0 Å². The zero-order valence-corrected chi connectivity index (χ0v) is 9.73. The van der Waals surface area contributed by atoms with Gasteiger partial charge in [-0.25, -0.2) is 0 Å². The van der Waals surface area contributed by atoms with Crippen molar-refractivity contribution in [2.45, 2.75) is 19.1 Å². The van der Waals surface area contributed by atoms with E-state index in [2.05, 4.69) is 16.2 Å². The highest BCUT2D eigenvalue weighted by atomic mass is 19.4. The van der Waals surface area contributed by atoms with Gasteiger partial charge in [0.2, 0.25) is 0 Å². The molecule has 0 saturated carbocycles. The fourth-order valence-corrected chi connectivity index (χ4v) is 1.35. The first-order chi connectivity index (χ1) is 7.93. The van der Waals surface area contributed by atoms with Crippen molar-refractivity contribution in [3.8, 4) is 0 Å². The van der Waals surface area contributed by atoms with Gasteiger partial charge in [-0.15, -0.1) is 0 Å². The molecule has 3 N–H and O–H groups in total. The molecule has 1 atom stereocenters. The van der Waals surface area contributed by atoms with E-state index >= 15 is 0 Å². The molecule has 6 heteroatoms. The Morgan fingerprint density at radius 1 is 1.18 bits per heavy atom. The smallest absolute Gasteiger partial charge is 0.383 e. The monoisotopic (exact) mass is 247 g/mol. The molecule has 0 aliphatic carbocycles. The van der Waals surface area contributed by atoms with Gasteiger partial charge >= 0.3 is 6.18 Å². The van der Waals surface area contributed by atoms with Crippen molar-refractivity contribution in [3.63, 3.8) is 0 Å². The summed E-state index contributed by atoms with van der Waals surface area (Å²) in [6.45, 7) is 2.57. The van der Waals surface area contributed by atoms with Crippen LogP contribution in [-0.4, -0.2) is 19.6 Å². The molecular weight excluding hydrogens is 231 g/mol. The van der Waals surface area contributed by atoms with Crippen molar-refractivity contribution >= 4 is 5.69 Å². The molecule has 1 rings (SSSR count). The van der Waals surface area contributed by atoms with Gasteiger partial charge in [-0.2, -0.15) is 13.2 Å². The Kier molecular flexibility index (Phi) is 4.77. The summed E-state index contributed by atoms with van der Waals surface area (Å²) < 4.78 is 36.9. The Balaban J connectivity index is 2.51. The summed E-state index contributed by atoms with van der Waals surface area (Å²) in [5.41, 5.74) is 5.79. The fourth-order valence-electron chi connectivity index (χ4n) is 1.35. The maximum Gasteiger partial charge on any atom is 0.416 e. The molecule has 0 aromatic heterocycles. The van der Waals surface area contributed by atoms with Crippen LogP contribution >= 0.6 is 0 Å². The average Bonchev–Trinajstić information content (AvgIpc) is 2.26. The Morgan fingerprint density at radius 2 is 1.76 bits per heavy atom. The summed E-state index contributed by atoms with van der Waals surface area (Å²) in [4.78, 5) is 0. The van der Waals surface area contributed by atoms with Crippen LogP contribution in [0.4, 0.5) is 18.9 Å². The van der Waals surface area contributed by atoms with E-state index in [0.717, 1.165) is 12.1 Å². The molecule has 17 heavy (non-hydrogen) atoms. The topological polar surface area (TPSA) is 36.1 Å². The molecule has 96 valence electrons. The third kappa shape index (κ3) is 4.62. The number of hydrogen-bond acceptors (Lipinski definition) is 3. The molecule has 0 amide bonds. The third-order valence-corrected chi connectivity index (χ3v) is 2.22. The van der Waals surface area contributed by atoms with E-state index in [9.17, 15) is 13.2 Å². The summed E-state index contributed by atoms with van der Waals surface area (Å²) in [7, 11) is 1.76. The van der Waals surface area contributed by atoms with Gasteiger partial charge < -0.3 is 5.32 Å². The second kappa shape index (κ2) is 5.88. The van der Waals surface area contributed by atoms with Crippen LogP contribution in [-0.2, 0) is 6.18 Å². The first-order valence-electron chi connectivity index (χ1n) is 5.27. The number of anilines is 1. The summed E-state index contributed by atoms with van der Waals surface area (Å²) >= 11 is 0. The van der Waals surface area contributed by atoms with Crippen LogP contribution in [0.2, 0.25) is 0 Å². The number of alkyl halides is 3. The maximum atomic E-state index is 12.3. The minimum Gasteiger partial charge on any atom is -0.383 e. The quantitative estimate of drug-likeness (QED) is 0.698. The van der Waals surface area contributed by atoms with Gasteiger partial charge in [-0.05, 0) is 38.2 Å². The number of nitrogens with one attached hydrogen (secondary N) is 3. The van der Waals surface area contributed by atoms with Crippen molar-refractivity contribution < 1.29 is 13.2 Å². The highest BCUT2D eigenvalue weighted by Crippen LogP contribution is 2.29. The third-order valence-electron chi connectivity index (χ3n) is 2.22. The largest absolute Gasteiger partial charge is 0.416 e. The van der Waals surface area contributed by atoms with Crippen molar-refractivity contribution in [1.29, 1.82) is 0 Å². The van der Waals surface area contributed by atoms with Gasteiger partial charge in [-0.3, -0.25) is 10.9 Å². The zero-order valence-electron chi connectivity index (χ0n) is 9.73. The lowest BCUT2D eigenvalue weighted by Gasteiger charge is -2.15. The Hall–Kier alpha value is -1.27. The number of hydrogen-bond donors (Lipinski definition) is 3. The molecular formula is C11H16F3N3. The van der Waals surface area contributed by atoms with Gasteiger partial charge in [0.25, 0.3) is 0 Å². The lowest BCUT2D eigenvalue weighted by Crippen LogP contribution is -2.40. The van der Waals surface area contributed by atoms with Gasteiger partial charge in [-0.1, -0.05) is 0 Å². The van der Waals surface area contributed by atoms with Crippen molar-refractivity contribution in [2.75, 3.05) is 18.9 Å². The Morgan fingerprint density at radius 3 is 2.24 bits per heavy atom. The maximum absolute atomic E-state index is 12.3. The fraction of sp³-hybridized carbons (Fsp3) is 0.455. The molecule has 0 fully saturated rings. The molecule has 0 aliphatic rings. The van der Waals surface area contributed by atoms with Gasteiger partial charge in [0.05, 0.1) is 5.56 Å². The minimum absolute atomic E-state index is 0.169. The highest BCUT2D eigenvalue weighted by Gasteiger charge is 2.29. The highest BCUT2D eigenvalue weighted by molar-refractivity contribution is 5.45. The minimum atomic E-state index is -4.28. The second-order valence-electron chi connectivity index (χ2n) is 3.75. The molecule has 1 unspecified atom stereocenters. The van der Waals surface area contributed by atoms with Gasteiger partial charge in [0.15, 0.2) is 0 Å². The molecule has 3 nitrogen and oxygen atoms in total. The Bertz CT molecular complexity index is 335. The van der Waals surface area contributed by atoms with E-state index in [1.165, 1.54) is 12.1 Å². The lowest BCUT2D eigenvalue weighted by atomic mass is 10.2. The van der Waals surface area contributed by atoms with E-state index in [4.69, 9.17) is 0 Å². The normalized spacial score (nSPS) is 13.5. The Labute approximate surface area is 98.4 Å². The number of halogens is 3. The lowest BCUT2D eigenvalue weighted by molar-refractivity contribution is -0.137. The van der Waals surface area contributed by atoms with Crippen molar-refractivity contribution in [1.82, 2.24) is 10.9 Å². The molecule has 0 radical (unpaired) electrons. The molecule has 0 heterocycles. The predicted molar refractivity (Wildman–Crippen MR) is 61.6 cm³/mol. The predicted octanol–water partition coefficient (Wildman–Crippen LogP) is 2.23. The molecule has 1 aromatic rings. The van der Waals surface area contributed by atoms with Crippen LogP contribution < -0.4 is 16.2 Å². The van der Waals surface area contributed by atoms with E-state index in [-0.39, 0.29) is 6.04 Å². The molecule has 0 saturated heterocycles. The summed E-state index contributed by atoms with van der Waals surface area (Å²) in [5.74, 6) is 0. The number of hydrazine groups is 1. The molecule has 0 spiro atoms. The number of benzene rings is 1. The van der Waals surface area contributed by atoms with E-state index in [1.807, 2.05) is 6.92 Å². The first-order valence-corrected chi connectivity index (χ1v) is 5.27. The summed E-state index contributed by atoms with van der Waals surface area (Å²) in [6.07, 6.45) is -4.28. The molecule has 0 aliphatic heterocycles. The van der Waals surface area contributed by atoms with Gasteiger partial charge in [0, 0.05) is 18.3 Å². The van der Waals surface area contributed by atoms with E-state index in [1.54, 1.807) is 7.05 Å². The zero-order chi connectivity index (χ0) is 12.9. The molecule has 0 bridgehead atoms. The van der Waals surface area contributed by atoms with Crippen LogP contribution in [0, 0.1) is 0 Å². The summed E-state index contributed by atoms with van der Waals surface area (Å²) in [5, 5.41) is 3.04. The van der Waals surface area contributed by atoms with E-state index < -0.39 is 11.7 Å². The standard InChI is InChI=1S/C11H16F3N3/c1-8(17-15-2)7-16-10-5-3-9(4-6-10)11(12,13)14/h3-6,8,15-17H,7H2,1-2H3. The SMILES string of the molecule is CNNC(C)CNc1ccc(C(F)(F)F)cc1. The van der Waals surface area contributed by atoms with Crippen LogP contribution in [0.25, 0.3) is 0 Å². The van der Waals surface area contributed by atoms with E-state index in [0.29, 0.717) is 12.2 Å². The number of rotatable bonds is 5. The second-order valence-corrected chi connectivity index (χ2v) is 3.75. The first kappa shape index (κ1) is 13.8. The molecule has 1 aromatic carbocycles. The van der Waals surface area contributed by atoms with Crippen molar-refractivity contribution in [3.05, 3.63) is 29.8 Å². The van der Waals surface area contributed by atoms with Crippen LogP contribution in [0.3, 0.4) is 0 Å². The summed E-state index contributed by atoms with van der Waals surface area (Å²) in [6, 6.07) is 5.16.